The normalized spacial score (nSPS) is 30.4. The van der Waals surface area contributed by atoms with Crippen molar-refractivity contribution in [2.45, 2.75) is 44.1 Å². The Balaban J connectivity index is 0.00000120. The number of hydrogen-bond acceptors (Lipinski definition) is 2. The van der Waals surface area contributed by atoms with E-state index in [1.807, 2.05) is 12.1 Å². The van der Waals surface area contributed by atoms with Gasteiger partial charge in [-0.3, -0.25) is 0 Å². The Morgan fingerprint density at radius 1 is 1.44 bits per heavy atom. The Morgan fingerprint density at radius 2 is 2.22 bits per heavy atom. The van der Waals surface area contributed by atoms with Gasteiger partial charge in [-0.1, -0.05) is 13.0 Å². The molecule has 2 unspecified atom stereocenters. The first-order valence-corrected chi connectivity index (χ1v) is 6.67. The van der Waals surface area contributed by atoms with Gasteiger partial charge in [0, 0.05) is 6.04 Å². The van der Waals surface area contributed by atoms with Gasteiger partial charge in [-0.05, 0) is 68.0 Å². The van der Waals surface area contributed by atoms with Crippen LogP contribution in [-0.4, -0.2) is 29.6 Å². The largest absolute Gasteiger partial charge is 0.508 e. The highest BCUT2D eigenvalue weighted by molar-refractivity contribution is 5.85. The molecular formula is C15H22ClNO. The summed E-state index contributed by atoms with van der Waals surface area (Å²) in [4.78, 5) is 2.50. The van der Waals surface area contributed by atoms with E-state index in [1.165, 1.54) is 36.9 Å². The summed E-state index contributed by atoms with van der Waals surface area (Å²) in [5.41, 5.74) is 3.19. The number of rotatable bonds is 1. The molecule has 1 aromatic carbocycles. The lowest BCUT2D eigenvalue weighted by molar-refractivity contribution is 0.101. The molecule has 2 atom stereocenters. The molecule has 2 nitrogen and oxygen atoms in total. The number of halogens is 1. The SMILES string of the molecule is CCC12CCN(C)C(Cc3ccc(O)cc31)C2.Cl. The average Bonchev–Trinajstić information content (AvgIpc) is 2.35. The van der Waals surface area contributed by atoms with Crippen LogP contribution in [0.2, 0.25) is 0 Å². The highest BCUT2D eigenvalue weighted by Gasteiger charge is 2.43. The fourth-order valence-electron chi connectivity index (χ4n) is 3.76. The van der Waals surface area contributed by atoms with Crippen molar-refractivity contribution < 1.29 is 5.11 Å². The van der Waals surface area contributed by atoms with Gasteiger partial charge < -0.3 is 10.0 Å². The predicted molar refractivity (Wildman–Crippen MR) is 76.7 cm³/mol. The van der Waals surface area contributed by atoms with Gasteiger partial charge in [0.25, 0.3) is 0 Å². The number of aromatic hydroxyl groups is 1. The summed E-state index contributed by atoms with van der Waals surface area (Å²) < 4.78 is 0. The lowest BCUT2D eigenvalue weighted by Crippen LogP contribution is -2.51. The average molecular weight is 268 g/mol. The predicted octanol–water partition coefficient (Wildman–Crippen LogP) is 3.11. The van der Waals surface area contributed by atoms with Gasteiger partial charge in [-0.2, -0.15) is 0 Å². The molecular weight excluding hydrogens is 246 g/mol. The highest BCUT2D eigenvalue weighted by atomic mass is 35.5. The number of piperidine rings is 1. The first kappa shape index (κ1) is 13.7. The Hall–Kier alpha value is -0.730. The number of hydrogen-bond donors (Lipinski definition) is 1. The molecule has 1 fully saturated rings. The van der Waals surface area contributed by atoms with E-state index in [0.717, 1.165) is 6.42 Å². The van der Waals surface area contributed by atoms with E-state index in [1.54, 1.807) is 0 Å². The van der Waals surface area contributed by atoms with Crippen LogP contribution in [0.25, 0.3) is 0 Å². The third-order valence-corrected chi connectivity index (χ3v) is 4.99. The second-order valence-electron chi connectivity index (χ2n) is 5.77. The molecule has 1 aliphatic heterocycles. The van der Waals surface area contributed by atoms with Crippen LogP contribution < -0.4 is 0 Å². The van der Waals surface area contributed by atoms with Crippen molar-refractivity contribution in [3.05, 3.63) is 29.3 Å². The molecule has 3 rings (SSSR count). The third-order valence-electron chi connectivity index (χ3n) is 4.99. The van der Waals surface area contributed by atoms with Crippen LogP contribution in [0.4, 0.5) is 0 Å². The zero-order valence-corrected chi connectivity index (χ0v) is 12.0. The summed E-state index contributed by atoms with van der Waals surface area (Å²) in [6.45, 7) is 3.48. The van der Waals surface area contributed by atoms with E-state index in [-0.39, 0.29) is 12.4 Å². The van der Waals surface area contributed by atoms with E-state index in [4.69, 9.17) is 0 Å². The fourth-order valence-corrected chi connectivity index (χ4v) is 3.76. The lowest BCUT2D eigenvalue weighted by Gasteiger charge is -2.50. The first-order chi connectivity index (χ1) is 8.14. The van der Waals surface area contributed by atoms with E-state index in [2.05, 4.69) is 24.9 Å². The molecule has 18 heavy (non-hydrogen) atoms. The van der Waals surface area contributed by atoms with E-state index in [9.17, 15) is 5.11 Å². The molecule has 1 aromatic rings. The van der Waals surface area contributed by atoms with Gasteiger partial charge in [-0.25, -0.2) is 0 Å². The zero-order valence-electron chi connectivity index (χ0n) is 11.1. The molecule has 2 bridgehead atoms. The van der Waals surface area contributed by atoms with E-state index < -0.39 is 0 Å². The van der Waals surface area contributed by atoms with Crippen molar-refractivity contribution in [1.82, 2.24) is 4.90 Å². The summed E-state index contributed by atoms with van der Waals surface area (Å²) >= 11 is 0. The number of fused-ring (bicyclic) bond motifs is 4. The monoisotopic (exact) mass is 267 g/mol. The van der Waals surface area contributed by atoms with E-state index in [0.29, 0.717) is 17.2 Å². The maximum absolute atomic E-state index is 9.74. The summed E-state index contributed by atoms with van der Waals surface area (Å²) in [5, 5.41) is 9.74. The minimum Gasteiger partial charge on any atom is -0.508 e. The minimum absolute atomic E-state index is 0. The van der Waals surface area contributed by atoms with Crippen molar-refractivity contribution in [3.8, 4) is 5.75 Å². The van der Waals surface area contributed by atoms with Crippen molar-refractivity contribution in [3.63, 3.8) is 0 Å². The molecule has 3 heteroatoms. The molecule has 0 saturated carbocycles. The number of benzene rings is 1. The van der Waals surface area contributed by atoms with Crippen LogP contribution in [0, 0.1) is 0 Å². The van der Waals surface area contributed by atoms with Gasteiger partial charge >= 0.3 is 0 Å². The first-order valence-electron chi connectivity index (χ1n) is 6.67. The molecule has 1 N–H and O–H groups in total. The smallest absolute Gasteiger partial charge is 0.115 e. The Morgan fingerprint density at radius 3 is 2.94 bits per heavy atom. The van der Waals surface area contributed by atoms with Crippen LogP contribution in [0.5, 0.6) is 5.75 Å². The molecule has 2 aliphatic rings. The Kier molecular flexibility index (Phi) is 3.61. The molecule has 0 aromatic heterocycles. The maximum atomic E-state index is 9.74. The highest BCUT2D eigenvalue weighted by Crippen LogP contribution is 2.47. The van der Waals surface area contributed by atoms with Crippen LogP contribution >= 0.6 is 12.4 Å². The maximum Gasteiger partial charge on any atom is 0.115 e. The third kappa shape index (κ3) is 1.92. The van der Waals surface area contributed by atoms with Gasteiger partial charge in [0.15, 0.2) is 0 Å². The molecule has 0 radical (unpaired) electrons. The van der Waals surface area contributed by atoms with Crippen LogP contribution in [-0.2, 0) is 11.8 Å². The van der Waals surface area contributed by atoms with Gasteiger partial charge in [0.1, 0.15) is 5.75 Å². The number of likely N-dealkylation sites (tertiary alicyclic amines) is 1. The Labute approximate surface area is 115 Å². The molecule has 0 spiro atoms. The second kappa shape index (κ2) is 4.75. The number of nitrogens with zero attached hydrogens (tertiary/aromatic N) is 1. The zero-order chi connectivity index (χ0) is 12.0. The molecule has 100 valence electrons. The van der Waals surface area contributed by atoms with E-state index >= 15 is 0 Å². The summed E-state index contributed by atoms with van der Waals surface area (Å²) in [6, 6.07) is 6.67. The number of phenols is 1. The quantitative estimate of drug-likeness (QED) is 0.845. The van der Waals surface area contributed by atoms with Crippen molar-refractivity contribution in [1.29, 1.82) is 0 Å². The molecule has 0 amide bonds. The topological polar surface area (TPSA) is 23.5 Å². The summed E-state index contributed by atoms with van der Waals surface area (Å²) in [5.74, 6) is 0.425. The minimum atomic E-state index is 0. The van der Waals surface area contributed by atoms with Gasteiger partial charge in [0.05, 0.1) is 0 Å². The molecule has 1 aliphatic carbocycles. The molecule has 1 heterocycles. The van der Waals surface area contributed by atoms with Crippen LogP contribution in [0.3, 0.4) is 0 Å². The number of likely N-dealkylation sites (N-methyl/N-ethyl adjacent to an activating group) is 1. The van der Waals surface area contributed by atoms with Crippen molar-refractivity contribution >= 4 is 12.4 Å². The second-order valence-corrected chi connectivity index (χ2v) is 5.77. The van der Waals surface area contributed by atoms with Crippen LogP contribution in [0.15, 0.2) is 18.2 Å². The Bertz CT molecular complexity index is 448. The van der Waals surface area contributed by atoms with Crippen LogP contribution in [0.1, 0.15) is 37.3 Å². The fraction of sp³-hybridized carbons (Fsp3) is 0.600. The lowest BCUT2D eigenvalue weighted by atomic mass is 9.62. The van der Waals surface area contributed by atoms with Gasteiger partial charge in [-0.15, -0.1) is 12.4 Å². The van der Waals surface area contributed by atoms with Crippen molar-refractivity contribution in [2.24, 2.45) is 0 Å². The summed E-state index contributed by atoms with van der Waals surface area (Å²) in [7, 11) is 2.25. The summed E-state index contributed by atoms with van der Waals surface area (Å²) in [6.07, 6.45) is 4.82. The number of phenolic OH excluding ortho intramolecular Hbond substituents is 1. The van der Waals surface area contributed by atoms with Gasteiger partial charge in [0.2, 0.25) is 0 Å². The standard InChI is InChI=1S/C15H21NO.ClH/c1-3-15-6-7-16(2)12(10-15)8-11-4-5-13(17)9-14(11)15;/h4-5,9,12,17H,3,6-8,10H2,1-2H3;1H. The molecule has 1 saturated heterocycles. The van der Waals surface area contributed by atoms with Crippen molar-refractivity contribution in [2.75, 3.05) is 13.6 Å².